The Labute approximate surface area is 122 Å². The third kappa shape index (κ3) is 2.75. The Morgan fingerprint density at radius 2 is 1.76 bits per heavy atom. The molecule has 0 bridgehead atoms. The molecule has 1 N–H and O–H groups in total. The van der Waals surface area contributed by atoms with Gasteiger partial charge in [0.2, 0.25) is 5.91 Å². The highest BCUT2D eigenvalue weighted by Crippen LogP contribution is 2.29. The van der Waals surface area contributed by atoms with Crippen molar-refractivity contribution in [3.63, 3.8) is 0 Å². The number of nitrogens with zero attached hydrogens (tertiary/aromatic N) is 1. The zero-order valence-corrected chi connectivity index (χ0v) is 12.4. The Kier molecular flexibility index (Phi) is 3.74. The fourth-order valence-electron chi connectivity index (χ4n) is 2.34. The summed E-state index contributed by atoms with van der Waals surface area (Å²) in [6.45, 7) is 7.03. The SMILES string of the molecule is CC1C(=O)NC(C(C)(C)C)C(=O)N1c1ccc(F)c(F)c1. The lowest BCUT2D eigenvalue weighted by molar-refractivity contribution is -0.136. The van der Waals surface area contributed by atoms with Crippen LogP contribution in [0.2, 0.25) is 0 Å². The van der Waals surface area contributed by atoms with Crippen LogP contribution in [0.4, 0.5) is 14.5 Å². The third-order valence-corrected chi connectivity index (χ3v) is 3.59. The Morgan fingerprint density at radius 3 is 2.29 bits per heavy atom. The van der Waals surface area contributed by atoms with Crippen molar-refractivity contribution in [2.45, 2.75) is 39.8 Å². The van der Waals surface area contributed by atoms with E-state index in [4.69, 9.17) is 0 Å². The number of hydrogen-bond acceptors (Lipinski definition) is 2. The predicted octanol–water partition coefficient (Wildman–Crippen LogP) is 2.23. The van der Waals surface area contributed by atoms with Crippen molar-refractivity contribution in [2.75, 3.05) is 4.90 Å². The lowest BCUT2D eigenvalue weighted by Gasteiger charge is -2.42. The molecule has 1 aliphatic rings. The van der Waals surface area contributed by atoms with Crippen molar-refractivity contribution < 1.29 is 18.4 Å². The molecule has 2 rings (SSSR count). The highest BCUT2D eigenvalue weighted by molar-refractivity contribution is 6.08. The summed E-state index contributed by atoms with van der Waals surface area (Å²) in [7, 11) is 0. The molecule has 0 aromatic heterocycles. The molecule has 1 heterocycles. The minimum atomic E-state index is -1.05. The fourth-order valence-corrected chi connectivity index (χ4v) is 2.34. The van der Waals surface area contributed by atoms with Gasteiger partial charge in [0.1, 0.15) is 12.1 Å². The maximum atomic E-state index is 13.4. The van der Waals surface area contributed by atoms with E-state index in [-0.39, 0.29) is 17.5 Å². The molecule has 0 radical (unpaired) electrons. The maximum Gasteiger partial charge on any atom is 0.250 e. The molecule has 6 heteroatoms. The summed E-state index contributed by atoms with van der Waals surface area (Å²) in [5.74, 6) is -2.70. The molecule has 4 nitrogen and oxygen atoms in total. The van der Waals surface area contributed by atoms with Crippen LogP contribution < -0.4 is 10.2 Å². The highest BCUT2D eigenvalue weighted by Gasteiger charge is 2.44. The van der Waals surface area contributed by atoms with Crippen molar-refractivity contribution in [1.82, 2.24) is 5.32 Å². The van der Waals surface area contributed by atoms with Gasteiger partial charge in [-0.2, -0.15) is 0 Å². The van der Waals surface area contributed by atoms with E-state index in [1.807, 2.05) is 20.8 Å². The second-order valence-electron chi connectivity index (χ2n) is 6.29. The van der Waals surface area contributed by atoms with Crippen molar-refractivity contribution in [2.24, 2.45) is 5.41 Å². The zero-order chi connectivity index (χ0) is 15.9. The van der Waals surface area contributed by atoms with Gasteiger partial charge in [0.15, 0.2) is 11.6 Å². The molecule has 2 amide bonds. The minimum Gasteiger partial charge on any atom is -0.342 e. The Bertz CT molecular complexity index is 596. The lowest BCUT2D eigenvalue weighted by atomic mass is 9.84. The van der Waals surface area contributed by atoms with Gasteiger partial charge in [-0.3, -0.25) is 14.5 Å². The van der Waals surface area contributed by atoms with E-state index < -0.39 is 29.1 Å². The van der Waals surface area contributed by atoms with Gasteiger partial charge in [0, 0.05) is 11.8 Å². The minimum absolute atomic E-state index is 0.176. The van der Waals surface area contributed by atoms with Crippen LogP contribution in [0.1, 0.15) is 27.7 Å². The van der Waals surface area contributed by atoms with Crippen LogP contribution in [0.3, 0.4) is 0 Å². The number of carbonyl (C=O) groups excluding carboxylic acids is 2. The van der Waals surface area contributed by atoms with Gasteiger partial charge < -0.3 is 5.32 Å². The van der Waals surface area contributed by atoms with E-state index in [2.05, 4.69) is 5.32 Å². The predicted molar refractivity (Wildman–Crippen MR) is 74.7 cm³/mol. The van der Waals surface area contributed by atoms with E-state index in [1.54, 1.807) is 6.92 Å². The summed E-state index contributed by atoms with van der Waals surface area (Å²) in [6.07, 6.45) is 0. The van der Waals surface area contributed by atoms with Crippen LogP contribution in [0.15, 0.2) is 18.2 Å². The average Bonchev–Trinajstić information content (AvgIpc) is 2.37. The topological polar surface area (TPSA) is 49.4 Å². The highest BCUT2D eigenvalue weighted by atomic mass is 19.2. The second kappa shape index (κ2) is 5.09. The molecule has 1 saturated heterocycles. The number of benzene rings is 1. The lowest BCUT2D eigenvalue weighted by Crippen LogP contribution is -2.66. The normalized spacial score (nSPS) is 23.2. The molecule has 1 fully saturated rings. The number of halogens is 2. The summed E-state index contributed by atoms with van der Waals surface area (Å²) < 4.78 is 26.4. The molecule has 0 spiro atoms. The molecule has 0 aliphatic carbocycles. The molecule has 1 aromatic rings. The monoisotopic (exact) mass is 296 g/mol. The van der Waals surface area contributed by atoms with Crippen LogP contribution in [-0.2, 0) is 9.59 Å². The van der Waals surface area contributed by atoms with E-state index in [0.29, 0.717) is 0 Å². The van der Waals surface area contributed by atoms with Gasteiger partial charge in [-0.15, -0.1) is 0 Å². The largest absolute Gasteiger partial charge is 0.342 e. The van der Waals surface area contributed by atoms with Gasteiger partial charge in [-0.05, 0) is 24.5 Å². The van der Waals surface area contributed by atoms with Gasteiger partial charge in [-0.1, -0.05) is 20.8 Å². The van der Waals surface area contributed by atoms with E-state index in [9.17, 15) is 18.4 Å². The van der Waals surface area contributed by atoms with Crippen LogP contribution in [0, 0.1) is 17.0 Å². The van der Waals surface area contributed by atoms with Gasteiger partial charge >= 0.3 is 0 Å². The van der Waals surface area contributed by atoms with Crippen LogP contribution in [-0.4, -0.2) is 23.9 Å². The molecule has 2 atom stereocenters. The molecular formula is C15H18F2N2O2. The average molecular weight is 296 g/mol. The van der Waals surface area contributed by atoms with Crippen molar-refractivity contribution in [1.29, 1.82) is 0 Å². The second-order valence-corrected chi connectivity index (χ2v) is 6.29. The number of piperazine rings is 1. The third-order valence-electron chi connectivity index (χ3n) is 3.59. The van der Waals surface area contributed by atoms with Crippen LogP contribution in [0.25, 0.3) is 0 Å². The molecule has 1 aromatic carbocycles. The Balaban J connectivity index is 2.46. The zero-order valence-electron chi connectivity index (χ0n) is 12.4. The van der Waals surface area contributed by atoms with Crippen molar-refractivity contribution >= 4 is 17.5 Å². The number of nitrogens with one attached hydrogen (secondary N) is 1. The van der Waals surface area contributed by atoms with Crippen LogP contribution in [0.5, 0.6) is 0 Å². The quantitative estimate of drug-likeness (QED) is 0.864. The summed E-state index contributed by atoms with van der Waals surface area (Å²) in [5, 5.41) is 2.68. The van der Waals surface area contributed by atoms with Crippen molar-refractivity contribution in [3.05, 3.63) is 29.8 Å². The number of rotatable bonds is 1. The first-order valence-corrected chi connectivity index (χ1v) is 6.71. The van der Waals surface area contributed by atoms with Crippen molar-refractivity contribution in [3.8, 4) is 0 Å². The smallest absolute Gasteiger partial charge is 0.250 e. The Morgan fingerprint density at radius 1 is 1.14 bits per heavy atom. The Hall–Kier alpha value is -1.98. The maximum absolute atomic E-state index is 13.4. The fraction of sp³-hybridized carbons (Fsp3) is 0.467. The first kappa shape index (κ1) is 15.4. The molecule has 21 heavy (non-hydrogen) atoms. The van der Waals surface area contributed by atoms with E-state index in [1.165, 1.54) is 11.0 Å². The first-order chi connectivity index (χ1) is 9.62. The van der Waals surface area contributed by atoms with Gasteiger partial charge in [0.05, 0.1) is 0 Å². The molecule has 114 valence electrons. The standard InChI is InChI=1S/C15H18F2N2O2/c1-8-13(20)18-12(15(2,3)4)14(21)19(8)9-5-6-10(16)11(17)7-9/h5-8,12H,1-4H3,(H,18,20). The summed E-state index contributed by atoms with van der Waals surface area (Å²) in [5.41, 5.74) is -0.306. The number of hydrogen-bond donors (Lipinski definition) is 1. The van der Waals surface area contributed by atoms with E-state index in [0.717, 1.165) is 12.1 Å². The molecule has 1 aliphatic heterocycles. The number of anilines is 1. The molecule has 0 saturated carbocycles. The van der Waals surface area contributed by atoms with Gasteiger partial charge in [0.25, 0.3) is 5.91 Å². The summed E-state index contributed by atoms with van der Waals surface area (Å²) >= 11 is 0. The number of carbonyl (C=O) groups is 2. The first-order valence-electron chi connectivity index (χ1n) is 6.71. The van der Waals surface area contributed by atoms with E-state index >= 15 is 0 Å². The summed E-state index contributed by atoms with van der Waals surface area (Å²) in [4.78, 5) is 25.9. The van der Waals surface area contributed by atoms with Crippen LogP contribution >= 0.6 is 0 Å². The number of amides is 2. The summed E-state index contributed by atoms with van der Waals surface area (Å²) in [6, 6.07) is 1.69. The molecular weight excluding hydrogens is 278 g/mol. The molecule has 2 unspecified atom stereocenters. The van der Waals surface area contributed by atoms with Gasteiger partial charge in [-0.25, -0.2) is 8.78 Å².